The van der Waals surface area contributed by atoms with Crippen molar-refractivity contribution in [1.29, 1.82) is 0 Å². The molecule has 24 N–H and O–H groups in total. The van der Waals surface area contributed by atoms with Gasteiger partial charge in [0, 0.05) is 68.5 Å². The number of aliphatic hydroxyl groups excluding tert-OH is 8. The summed E-state index contributed by atoms with van der Waals surface area (Å²) in [5, 5.41) is 160. The number of nitrogens with one attached hydrogen (secondary N) is 8. The van der Waals surface area contributed by atoms with Gasteiger partial charge in [0.05, 0.1) is 47.9 Å². The smallest absolute Gasteiger partial charge is 0.330 e. The maximum absolute atomic E-state index is 16.4. The number of carbonyl (C=O) groups excluding carboxylic acids is 7. The molecular weight excluding hydrogens is 1740 g/mol. The van der Waals surface area contributed by atoms with Gasteiger partial charge in [0.2, 0.25) is 53.4 Å². The van der Waals surface area contributed by atoms with Gasteiger partial charge in [-0.05, 0) is 140 Å². The summed E-state index contributed by atoms with van der Waals surface area (Å²) < 4.78 is 50.9. The zero-order valence-corrected chi connectivity index (χ0v) is 70.9. The summed E-state index contributed by atoms with van der Waals surface area (Å²) in [6.45, 7) is 4.89. The SMILES string of the molecule is CN[C@H](CC(C)C)C(=O)NC1C(=O)N[C@@H](CC(N)=O)C(=O)N[C@H]2C(=O)N[C@H]3C(=O)N[C@H](C(=O)N[C@@H](C(=O)O)c4cc(O)cc(O)c4-c4cc3ccc4O)[C@H](CO[C@H]3C[C@](C)(N)[C@@H](O)[C@H](C)O3)c3ccc(c(Cl)c3)Oc3cc2cc(c3O[C@@H]2O[C@H](CO)[C@@H](O[C@@H]3O[C@H](CNCc4ccc(-c5ccc(Cl)cc5)s4)[C@H](O)[C@H](O)[C@H]3O)[C@H](O)[C@H]2O)Oc2ccc(cc2Cl)[C@H]1O. The molecule has 0 saturated carbocycles. The topological polar surface area (TPSA) is 601 Å². The molecule has 11 bridgehead atoms. The number of primary amides is 1. The van der Waals surface area contributed by atoms with Gasteiger partial charge in [0.15, 0.2) is 30.1 Å². The second-order valence-corrected chi connectivity index (χ2v) is 34.5. The van der Waals surface area contributed by atoms with Crippen molar-refractivity contribution in [2.45, 2.75) is 193 Å². The fourth-order valence-electron chi connectivity index (χ4n) is 15.8. The number of carboxylic acid groups (broad SMARTS) is 1. The Bertz CT molecular complexity index is 5250. The summed E-state index contributed by atoms with van der Waals surface area (Å²) in [4.78, 5) is 122. The van der Waals surface area contributed by atoms with Crippen LogP contribution in [0.2, 0.25) is 15.1 Å². The van der Waals surface area contributed by atoms with E-state index in [0.717, 1.165) is 69.9 Å². The van der Waals surface area contributed by atoms with Crippen LogP contribution in [-0.2, 0) is 68.6 Å². The number of benzene rings is 6. The Morgan fingerprint density at radius 3 is 1.94 bits per heavy atom. The van der Waals surface area contributed by atoms with Gasteiger partial charge in [-0.2, -0.15) is 0 Å². The van der Waals surface area contributed by atoms with Crippen molar-refractivity contribution in [2.24, 2.45) is 17.4 Å². The molecule has 42 heteroatoms. The Hall–Kier alpha value is -10.2. The van der Waals surface area contributed by atoms with Crippen molar-refractivity contribution in [1.82, 2.24) is 42.5 Å². The standard InChI is InChI=1S/C84H95Cl3N10O28S/c1-32(2)18-47(90-5)75(110)97-65-66(103)37-10-16-52(46(87)21-37)121-54-23-38-22-53(72(54)124-83-71(108)69(106)73(56(30-98)123-83)125-82-70(107)68(105)67(104)55(122-82)29-91-28-41-13-17-57(126-41)34-6-11-39(85)12-7-34)120-51-15-9-35(20-45(51)86)44(31-118-59-27-84(4,89)74(109)33(3)119-59)63-79(114)96-64(81(116)117)43-24-40(99)25-50(101)60(43)42-19-36(8-14-49(42)100)61(77(112)95-63)94-78(113)62(38)93-76(111)48(26-58(88)102)92-80(65)115/h6-17,19-25,32-33,44,47-48,55-56,59,61-71,73-74,82-83,90-91,98-101,103-109H,18,26-31,89H2,1-5H3,(H2,88,102)(H,92,115)(H,93,111)(H,94,113)(H,95,112)(H,96,114)(H,97,110)(H,116,117)/t33-,44+,47+,48-,55+,56+,59+,61+,62+,63-,64+,65?,66+,67-,68-,69+,70+,71+,73+,74-,82-,83-,84-/m0/s1. The first-order valence-electron chi connectivity index (χ1n) is 39.9. The third-order valence-corrected chi connectivity index (χ3v) is 24.5. The van der Waals surface area contributed by atoms with Crippen molar-refractivity contribution in [3.05, 3.63) is 163 Å². The molecule has 7 aromatic rings. The first-order chi connectivity index (χ1) is 59.8. The highest BCUT2D eigenvalue weighted by molar-refractivity contribution is 7.15. The van der Waals surface area contributed by atoms with Crippen molar-refractivity contribution in [3.8, 4) is 67.6 Å². The molecule has 1 aromatic heterocycles. The predicted octanol–water partition coefficient (Wildman–Crippen LogP) is 2.15. The number of phenols is 3. The minimum Gasteiger partial charge on any atom is -0.508 e. The van der Waals surface area contributed by atoms with E-state index in [1.165, 1.54) is 56.5 Å². The third-order valence-electron chi connectivity index (χ3n) is 22.5. The van der Waals surface area contributed by atoms with E-state index in [0.29, 0.717) is 5.02 Å². The zero-order valence-electron chi connectivity index (χ0n) is 67.8. The van der Waals surface area contributed by atoms with Crippen molar-refractivity contribution >= 4 is 93.5 Å². The lowest BCUT2D eigenvalue weighted by Crippen LogP contribution is -2.65. The van der Waals surface area contributed by atoms with Crippen molar-refractivity contribution in [3.63, 3.8) is 0 Å². The molecule has 6 aromatic carbocycles. The number of carboxylic acids is 1. The second-order valence-electron chi connectivity index (χ2n) is 32.1. The van der Waals surface area contributed by atoms with Crippen LogP contribution in [0.3, 0.4) is 0 Å². The maximum Gasteiger partial charge on any atom is 0.330 e. The van der Waals surface area contributed by atoms with E-state index in [1.807, 2.05) is 38.1 Å². The van der Waals surface area contributed by atoms with Gasteiger partial charge < -0.3 is 153 Å². The second kappa shape index (κ2) is 39.2. The fourth-order valence-corrected chi connectivity index (χ4v) is 17.4. The average molecular weight is 1830 g/mol. The van der Waals surface area contributed by atoms with Gasteiger partial charge in [-0.25, -0.2) is 4.79 Å². The number of nitrogens with two attached hydrogens (primary N) is 2. The highest BCUT2D eigenvalue weighted by Crippen LogP contribution is 2.50. The number of amides is 7. The van der Waals surface area contributed by atoms with Crippen LogP contribution in [0.5, 0.6) is 46.0 Å². The number of aliphatic carboxylic acids is 1. The van der Waals surface area contributed by atoms with Crippen LogP contribution in [-0.4, -0.2) is 245 Å². The lowest BCUT2D eigenvalue weighted by Gasteiger charge is -2.46. The molecule has 1 unspecified atom stereocenters. The minimum atomic E-state index is -2.41. The molecule has 23 atom stereocenters. The number of aliphatic hydroxyl groups is 8. The van der Waals surface area contributed by atoms with Crippen LogP contribution in [0.15, 0.2) is 115 Å². The van der Waals surface area contributed by atoms with E-state index in [1.54, 1.807) is 12.1 Å². The first kappa shape index (κ1) is 93.4. The van der Waals surface area contributed by atoms with Gasteiger partial charge in [-0.1, -0.05) is 79.0 Å². The number of likely N-dealkylation sites (N-methyl/N-ethyl adjacent to an activating group) is 1. The van der Waals surface area contributed by atoms with Gasteiger partial charge in [0.25, 0.3) is 0 Å². The maximum atomic E-state index is 16.4. The number of rotatable bonds is 21. The summed E-state index contributed by atoms with van der Waals surface area (Å²) in [5.41, 5.74) is 9.20. The zero-order chi connectivity index (χ0) is 90.9. The lowest BCUT2D eigenvalue weighted by molar-refractivity contribution is -0.350. The molecule has 7 amide bonds. The summed E-state index contributed by atoms with van der Waals surface area (Å²) in [6.07, 6.45) is -26.4. The molecule has 38 nitrogen and oxygen atoms in total. The van der Waals surface area contributed by atoms with Crippen LogP contribution in [0.25, 0.3) is 21.6 Å². The molecule has 9 heterocycles. The number of ether oxygens (including phenoxy) is 8. The average Bonchev–Trinajstić information content (AvgIpc) is 0.800. The molecule has 0 spiro atoms. The predicted molar refractivity (Wildman–Crippen MR) is 446 cm³/mol. The molecule has 0 aliphatic carbocycles. The summed E-state index contributed by atoms with van der Waals surface area (Å²) in [5.74, 6) is -18.0. The van der Waals surface area contributed by atoms with Crippen LogP contribution < -0.4 is 68.2 Å². The van der Waals surface area contributed by atoms with E-state index in [9.17, 15) is 75.7 Å². The number of fused-ring (bicyclic) bond motifs is 15. The molecule has 8 aliphatic heterocycles. The summed E-state index contributed by atoms with van der Waals surface area (Å²) in [7, 11) is 1.46. The van der Waals surface area contributed by atoms with E-state index >= 15 is 24.0 Å². The Kier molecular flexibility index (Phi) is 29.1. The fraction of sp³-hybridized carbons (Fsp3) is 0.429. The molecule has 676 valence electrons. The monoisotopic (exact) mass is 1830 g/mol. The third kappa shape index (κ3) is 20.5. The number of thiophene rings is 1. The van der Waals surface area contributed by atoms with E-state index in [4.69, 9.17) is 84.2 Å². The van der Waals surface area contributed by atoms with Crippen LogP contribution in [0.1, 0.15) is 110 Å². The molecular formula is C84H95Cl3N10O28S. The first-order valence-corrected chi connectivity index (χ1v) is 41.9. The molecule has 126 heavy (non-hydrogen) atoms. The van der Waals surface area contributed by atoms with Crippen LogP contribution in [0, 0.1) is 5.92 Å². The number of carbonyl (C=O) groups is 8. The number of hydrogen-bond donors (Lipinski definition) is 22. The largest absolute Gasteiger partial charge is 0.508 e. The Morgan fingerprint density at radius 1 is 0.667 bits per heavy atom. The van der Waals surface area contributed by atoms with Crippen molar-refractivity contribution in [2.75, 3.05) is 26.8 Å². The number of halogens is 3. The Labute approximate surface area is 737 Å². The van der Waals surface area contributed by atoms with Gasteiger partial charge in [-0.15, -0.1) is 11.3 Å². The number of hydrogen-bond acceptors (Lipinski definition) is 31. The summed E-state index contributed by atoms with van der Waals surface area (Å²) in [6, 6.07) is 10.5. The lowest BCUT2D eigenvalue weighted by atomic mass is 9.86. The van der Waals surface area contributed by atoms with E-state index in [2.05, 4.69) is 42.5 Å². The summed E-state index contributed by atoms with van der Waals surface area (Å²) >= 11 is 22.1. The minimum absolute atomic E-state index is 0.0446. The van der Waals surface area contributed by atoms with Gasteiger partial charge >= 0.3 is 5.97 Å². The highest BCUT2D eigenvalue weighted by Gasteiger charge is 2.53. The molecule has 3 fully saturated rings. The Morgan fingerprint density at radius 2 is 1.30 bits per heavy atom. The molecule has 0 radical (unpaired) electrons. The normalized spacial score (nSPS) is 29.6. The van der Waals surface area contributed by atoms with Crippen LogP contribution in [0.4, 0.5) is 0 Å². The Balaban J connectivity index is 0.963. The van der Waals surface area contributed by atoms with Crippen LogP contribution >= 0.6 is 46.1 Å². The highest BCUT2D eigenvalue weighted by atomic mass is 35.5. The van der Waals surface area contributed by atoms with Gasteiger partial charge in [-0.3, -0.25) is 33.6 Å². The molecule has 15 rings (SSSR count). The molecule has 3 saturated heterocycles. The van der Waals surface area contributed by atoms with Gasteiger partial charge in [0.1, 0.15) is 114 Å². The molecule has 8 aliphatic rings. The quantitative estimate of drug-likeness (QED) is 0.0490. The van der Waals surface area contributed by atoms with E-state index < -0.39 is 285 Å². The number of phenolic OH excluding ortho intramolecular Hbond substituents is 3. The van der Waals surface area contributed by atoms with E-state index in [-0.39, 0.29) is 48.5 Å². The number of aromatic hydroxyl groups is 3. The van der Waals surface area contributed by atoms with Crippen molar-refractivity contribution < 1.29 is 138 Å².